The number of nitrogens with one attached hydrogen (secondary N) is 1. The third kappa shape index (κ3) is 4.34. The molecule has 0 radical (unpaired) electrons. The molecular weight excluding hydrogens is 382 g/mol. The number of tetrazole rings is 1. The van der Waals surface area contributed by atoms with Crippen molar-refractivity contribution >= 4 is 23.4 Å². The molecule has 0 saturated heterocycles. The van der Waals surface area contributed by atoms with Gasteiger partial charge in [-0.05, 0) is 34.7 Å². The van der Waals surface area contributed by atoms with Crippen LogP contribution in [-0.2, 0) is 4.79 Å². The van der Waals surface area contributed by atoms with Crippen LogP contribution in [0.3, 0.4) is 0 Å². The smallest absolute Gasteiger partial charge is 0.234 e. The second-order valence-corrected chi connectivity index (χ2v) is 6.39. The molecular formula is C18H19N5O4S. The van der Waals surface area contributed by atoms with Crippen LogP contribution in [0.4, 0.5) is 5.69 Å². The van der Waals surface area contributed by atoms with E-state index in [2.05, 4.69) is 20.8 Å². The maximum Gasteiger partial charge on any atom is 0.234 e. The van der Waals surface area contributed by atoms with Crippen LogP contribution in [0, 0.1) is 0 Å². The molecule has 0 spiro atoms. The fraction of sp³-hybridized carbons (Fsp3) is 0.222. The highest BCUT2D eigenvalue weighted by Gasteiger charge is 2.15. The van der Waals surface area contributed by atoms with Gasteiger partial charge in [0.05, 0.1) is 32.8 Å². The quantitative estimate of drug-likeness (QED) is 0.575. The molecule has 3 rings (SSSR count). The van der Waals surface area contributed by atoms with Gasteiger partial charge in [0.2, 0.25) is 11.1 Å². The van der Waals surface area contributed by atoms with Crippen molar-refractivity contribution in [2.24, 2.45) is 0 Å². The molecule has 1 amide bonds. The number of benzene rings is 2. The number of carbonyl (C=O) groups excluding carboxylic acids is 1. The van der Waals surface area contributed by atoms with E-state index in [9.17, 15) is 4.79 Å². The SMILES string of the molecule is COc1ccc(NC(=O)CSc2nnnn2-c2ccccc2OC)c(OC)c1. The number of anilines is 1. The van der Waals surface area contributed by atoms with Crippen LogP contribution in [-0.4, -0.2) is 53.2 Å². The van der Waals surface area contributed by atoms with Gasteiger partial charge >= 0.3 is 0 Å². The van der Waals surface area contributed by atoms with Gasteiger partial charge in [0, 0.05) is 6.07 Å². The number of hydrogen-bond donors (Lipinski definition) is 1. The van der Waals surface area contributed by atoms with Crippen LogP contribution >= 0.6 is 11.8 Å². The number of methoxy groups -OCH3 is 3. The van der Waals surface area contributed by atoms with E-state index in [0.717, 1.165) is 0 Å². The Balaban J connectivity index is 1.69. The highest BCUT2D eigenvalue weighted by Crippen LogP contribution is 2.30. The number of amides is 1. The van der Waals surface area contributed by atoms with Gasteiger partial charge in [-0.15, -0.1) is 5.10 Å². The van der Waals surface area contributed by atoms with Crippen molar-refractivity contribution in [3.8, 4) is 22.9 Å². The second-order valence-electron chi connectivity index (χ2n) is 5.45. The standard InChI is InChI=1S/C18H19N5O4S/c1-25-12-8-9-13(16(10-12)27-3)19-17(24)11-28-18-20-21-22-23(18)14-6-4-5-7-15(14)26-2/h4-10H,11H2,1-3H3,(H,19,24). The molecule has 1 N–H and O–H groups in total. The van der Waals surface area contributed by atoms with Crippen molar-refractivity contribution in [2.75, 3.05) is 32.4 Å². The van der Waals surface area contributed by atoms with Crippen molar-refractivity contribution in [2.45, 2.75) is 5.16 Å². The summed E-state index contributed by atoms with van der Waals surface area (Å²) in [6.45, 7) is 0. The fourth-order valence-corrected chi connectivity index (χ4v) is 3.13. The Bertz CT molecular complexity index is 963. The van der Waals surface area contributed by atoms with Gasteiger partial charge in [-0.3, -0.25) is 4.79 Å². The summed E-state index contributed by atoms with van der Waals surface area (Å²) >= 11 is 1.21. The number of carbonyl (C=O) groups is 1. The molecule has 9 nitrogen and oxygen atoms in total. The summed E-state index contributed by atoms with van der Waals surface area (Å²) in [5.41, 5.74) is 1.24. The minimum absolute atomic E-state index is 0.116. The predicted molar refractivity (Wildman–Crippen MR) is 105 cm³/mol. The molecule has 10 heteroatoms. The Kier molecular flexibility index (Phi) is 6.33. The molecule has 0 aliphatic rings. The Labute approximate surface area is 166 Å². The maximum absolute atomic E-state index is 12.4. The number of thioether (sulfide) groups is 1. The molecule has 146 valence electrons. The highest BCUT2D eigenvalue weighted by atomic mass is 32.2. The number of ether oxygens (including phenoxy) is 3. The molecule has 0 bridgehead atoms. The Morgan fingerprint density at radius 3 is 2.61 bits per heavy atom. The average Bonchev–Trinajstić information content (AvgIpc) is 3.21. The zero-order valence-corrected chi connectivity index (χ0v) is 16.4. The lowest BCUT2D eigenvalue weighted by atomic mass is 10.2. The Morgan fingerprint density at radius 1 is 1.07 bits per heavy atom. The summed E-state index contributed by atoms with van der Waals surface area (Å²) in [5.74, 6) is 1.67. The summed E-state index contributed by atoms with van der Waals surface area (Å²) in [7, 11) is 4.67. The lowest BCUT2D eigenvalue weighted by Gasteiger charge is -2.11. The van der Waals surface area contributed by atoms with Crippen LogP contribution in [0.2, 0.25) is 0 Å². The molecule has 0 unspecified atom stereocenters. The normalized spacial score (nSPS) is 10.4. The van der Waals surface area contributed by atoms with E-state index in [-0.39, 0.29) is 11.7 Å². The van der Waals surface area contributed by atoms with Gasteiger partial charge in [0.25, 0.3) is 0 Å². The van der Waals surface area contributed by atoms with Crippen molar-refractivity contribution < 1.29 is 19.0 Å². The number of hydrogen-bond acceptors (Lipinski definition) is 8. The van der Waals surface area contributed by atoms with E-state index in [1.165, 1.54) is 23.6 Å². The second kappa shape index (κ2) is 9.09. The summed E-state index contributed by atoms with van der Waals surface area (Å²) in [5, 5.41) is 15.0. The molecule has 2 aromatic carbocycles. The van der Waals surface area contributed by atoms with Gasteiger partial charge in [-0.1, -0.05) is 23.9 Å². The molecule has 0 aliphatic carbocycles. The molecule has 0 atom stereocenters. The Hall–Kier alpha value is -3.27. The summed E-state index contributed by atoms with van der Waals surface area (Å²) in [4.78, 5) is 12.4. The van der Waals surface area contributed by atoms with Crippen molar-refractivity contribution in [1.29, 1.82) is 0 Å². The van der Waals surface area contributed by atoms with Crippen LogP contribution in [0.5, 0.6) is 17.2 Å². The molecule has 28 heavy (non-hydrogen) atoms. The third-order valence-corrected chi connectivity index (χ3v) is 4.69. The monoisotopic (exact) mass is 401 g/mol. The van der Waals surface area contributed by atoms with Crippen LogP contribution < -0.4 is 19.5 Å². The van der Waals surface area contributed by atoms with E-state index in [1.54, 1.807) is 32.4 Å². The van der Waals surface area contributed by atoms with E-state index in [0.29, 0.717) is 33.8 Å². The molecule has 0 saturated carbocycles. The number of nitrogens with zero attached hydrogens (tertiary/aromatic N) is 4. The van der Waals surface area contributed by atoms with Crippen LogP contribution in [0.1, 0.15) is 0 Å². The van der Waals surface area contributed by atoms with Crippen LogP contribution in [0.15, 0.2) is 47.6 Å². The first kappa shape index (κ1) is 19.5. The molecule has 1 aromatic heterocycles. The van der Waals surface area contributed by atoms with Crippen LogP contribution in [0.25, 0.3) is 5.69 Å². The van der Waals surface area contributed by atoms with E-state index < -0.39 is 0 Å². The number of aromatic nitrogens is 4. The van der Waals surface area contributed by atoms with E-state index >= 15 is 0 Å². The minimum atomic E-state index is -0.219. The summed E-state index contributed by atoms with van der Waals surface area (Å²) in [6, 6.07) is 12.5. The lowest BCUT2D eigenvalue weighted by molar-refractivity contribution is -0.113. The van der Waals surface area contributed by atoms with Gasteiger partial charge < -0.3 is 19.5 Å². The largest absolute Gasteiger partial charge is 0.497 e. The topological polar surface area (TPSA) is 100 Å². The zero-order chi connectivity index (χ0) is 19.9. The molecule has 3 aromatic rings. The average molecular weight is 401 g/mol. The molecule has 0 aliphatic heterocycles. The predicted octanol–water partition coefficient (Wildman–Crippen LogP) is 2.42. The number of rotatable bonds is 8. The van der Waals surface area contributed by atoms with Gasteiger partial charge in [0.1, 0.15) is 22.9 Å². The lowest BCUT2D eigenvalue weighted by Crippen LogP contribution is -2.15. The first-order chi connectivity index (χ1) is 13.7. The van der Waals surface area contributed by atoms with E-state index in [4.69, 9.17) is 14.2 Å². The highest BCUT2D eigenvalue weighted by molar-refractivity contribution is 7.99. The fourth-order valence-electron chi connectivity index (χ4n) is 2.44. The summed E-state index contributed by atoms with van der Waals surface area (Å²) in [6.07, 6.45) is 0. The van der Waals surface area contributed by atoms with Gasteiger partial charge in [0.15, 0.2) is 0 Å². The molecule has 1 heterocycles. The minimum Gasteiger partial charge on any atom is -0.497 e. The van der Waals surface area contributed by atoms with E-state index in [1.807, 2.05) is 24.3 Å². The first-order valence-electron chi connectivity index (χ1n) is 8.22. The maximum atomic E-state index is 12.4. The van der Waals surface area contributed by atoms with Gasteiger partial charge in [-0.25, -0.2) is 0 Å². The first-order valence-corrected chi connectivity index (χ1v) is 9.21. The number of para-hydroxylation sites is 2. The van der Waals surface area contributed by atoms with Crippen molar-refractivity contribution in [3.63, 3.8) is 0 Å². The van der Waals surface area contributed by atoms with Gasteiger partial charge in [-0.2, -0.15) is 4.68 Å². The zero-order valence-electron chi connectivity index (χ0n) is 15.6. The van der Waals surface area contributed by atoms with Crippen molar-refractivity contribution in [3.05, 3.63) is 42.5 Å². The Morgan fingerprint density at radius 2 is 1.86 bits per heavy atom. The third-order valence-electron chi connectivity index (χ3n) is 3.77. The summed E-state index contributed by atoms with van der Waals surface area (Å²) < 4.78 is 17.3. The molecule has 0 fully saturated rings. The van der Waals surface area contributed by atoms with Crippen molar-refractivity contribution in [1.82, 2.24) is 20.2 Å².